The number of carbonyl (C=O) groups is 2. The Morgan fingerprint density at radius 2 is 1.81 bits per heavy atom. The number of piperidine rings is 1. The number of fused-ring (bicyclic) bond motifs is 1. The van der Waals surface area contributed by atoms with Crippen molar-refractivity contribution in [2.75, 3.05) is 13.1 Å². The van der Waals surface area contributed by atoms with Gasteiger partial charge in [0.05, 0.1) is 17.1 Å². The van der Waals surface area contributed by atoms with Gasteiger partial charge in [-0.05, 0) is 62.1 Å². The Kier molecular flexibility index (Phi) is 6.41. The zero-order valence-electron chi connectivity index (χ0n) is 17.8. The van der Waals surface area contributed by atoms with Crippen LogP contribution in [-0.4, -0.2) is 39.4 Å². The Morgan fingerprint density at radius 3 is 2.52 bits per heavy atom. The molecule has 2 amide bonds. The van der Waals surface area contributed by atoms with Crippen molar-refractivity contribution in [3.8, 4) is 0 Å². The number of carbonyl (C=O) groups excluding carboxylic acids is 2. The standard InChI is InChI=1S/C24H27BrN4O2/c1-16-11-13-28(14-12-16)22(30)15-29-21-6-4-3-5-20(21)27-23(29)17(2)26-24(31)18-7-9-19(25)10-8-18/h3-10,16-17H,11-15H2,1-2H3,(H,26,31). The molecule has 1 aliphatic rings. The molecule has 1 saturated heterocycles. The van der Waals surface area contributed by atoms with Crippen LogP contribution in [0, 0.1) is 5.92 Å². The van der Waals surface area contributed by atoms with Crippen LogP contribution in [0.5, 0.6) is 0 Å². The second-order valence-electron chi connectivity index (χ2n) is 8.31. The molecule has 0 saturated carbocycles. The minimum absolute atomic E-state index is 0.0998. The number of benzene rings is 2. The van der Waals surface area contributed by atoms with Gasteiger partial charge in [-0.25, -0.2) is 4.98 Å². The Morgan fingerprint density at radius 1 is 1.13 bits per heavy atom. The molecule has 0 bridgehead atoms. The van der Waals surface area contributed by atoms with Crippen molar-refractivity contribution in [3.05, 3.63) is 64.4 Å². The molecule has 2 aromatic carbocycles. The van der Waals surface area contributed by atoms with Crippen LogP contribution in [0.25, 0.3) is 11.0 Å². The largest absolute Gasteiger partial charge is 0.342 e. The average Bonchev–Trinajstić information content (AvgIpc) is 3.13. The number of likely N-dealkylation sites (tertiary alicyclic amines) is 1. The highest BCUT2D eigenvalue weighted by Gasteiger charge is 2.24. The molecule has 2 heterocycles. The van der Waals surface area contributed by atoms with E-state index in [9.17, 15) is 9.59 Å². The second kappa shape index (κ2) is 9.22. The maximum absolute atomic E-state index is 13.1. The number of nitrogens with zero attached hydrogens (tertiary/aromatic N) is 3. The van der Waals surface area contributed by atoms with Crippen molar-refractivity contribution in [1.82, 2.24) is 19.8 Å². The van der Waals surface area contributed by atoms with Gasteiger partial charge in [-0.2, -0.15) is 0 Å². The predicted octanol–water partition coefficient (Wildman–Crippen LogP) is 4.55. The van der Waals surface area contributed by atoms with Gasteiger partial charge in [0.2, 0.25) is 5.91 Å². The highest BCUT2D eigenvalue weighted by Crippen LogP contribution is 2.23. The summed E-state index contributed by atoms with van der Waals surface area (Å²) in [6.45, 7) is 5.97. The van der Waals surface area contributed by atoms with Gasteiger partial charge in [0.1, 0.15) is 12.4 Å². The van der Waals surface area contributed by atoms with Crippen molar-refractivity contribution in [3.63, 3.8) is 0 Å². The fourth-order valence-electron chi connectivity index (χ4n) is 4.03. The van der Waals surface area contributed by atoms with E-state index in [2.05, 4.69) is 28.2 Å². The molecule has 4 rings (SSSR count). The van der Waals surface area contributed by atoms with Gasteiger partial charge in [0.25, 0.3) is 5.91 Å². The first-order valence-electron chi connectivity index (χ1n) is 10.7. The lowest BCUT2D eigenvalue weighted by Crippen LogP contribution is -2.40. The molecule has 1 atom stereocenters. The molecule has 1 unspecified atom stereocenters. The number of para-hydroxylation sites is 2. The van der Waals surface area contributed by atoms with Crippen LogP contribution in [0.4, 0.5) is 0 Å². The SMILES string of the molecule is CC1CCN(C(=O)Cn2c(C(C)NC(=O)c3ccc(Br)cc3)nc3ccccc32)CC1. The lowest BCUT2D eigenvalue weighted by atomic mass is 9.99. The average molecular weight is 483 g/mol. The number of aromatic nitrogens is 2. The molecule has 1 N–H and O–H groups in total. The van der Waals surface area contributed by atoms with Crippen molar-refractivity contribution in [2.24, 2.45) is 5.92 Å². The van der Waals surface area contributed by atoms with Gasteiger partial charge in [-0.1, -0.05) is 35.0 Å². The topological polar surface area (TPSA) is 67.2 Å². The minimum atomic E-state index is -0.349. The number of halogens is 1. The van der Waals surface area contributed by atoms with Gasteiger partial charge in [0, 0.05) is 23.1 Å². The fraction of sp³-hybridized carbons (Fsp3) is 0.375. The summed E-state index contributed by atoms with van der Waals surface area (Å²) in [5, 5.41) is 3.03. The summed E-state index contributed by atoms with van der Waals surface area (Å²) >= 11 is 3.39. The third-order valence-electron chi connectivity index (χ3n) is 5.96. The van der Waals surface area contributed by atoms with Gasteiger partial charge >= 0.3 is 0 Å². The number of nitrogens with one attached hydrogen (secondary N) is 1. The van der Waals surface area contributed by atoms with Gasteiger partial charge < -0.3 is 14.8 Å². The number of hydrogen-bond acceptors (Lipinski definition) is 3. The number of imidazole rings is 1. The van der Waals surface area contributed by atoms with E-state index in [0.29, 0.717) is 17.3 Å². The van der Waals surface area contributed by atoms with Crippen LogP contribution in [0.1, 0.15) is 48.9 Å². The van der Waals surface area contributed by atoms with E-state index in [1.54, 1.807) is 12.1 Å². The maximum Gasteiger partial charge on any atom is 0.251 e. The lowest BCUT2D eigenvalue weighted by molar-refractivity contribution is -0.133. The minimum Gasteiger partial charge on any atom is -0.342 e. The van der Waals surface area contributed by atoms with Gasteiger partial charge in [-0.3, -0.25) is 9.59 Å². The number of rotatable bonds is 5. The maximum atomic E-state index is 13.1. The fourth-order valence-corrected chi connectivity index (χ4v) is 4.29. The quantitative estimate of drug-likeness (QED) is 0.579. The normalized spacial score (nSPS) is 15.8. The Hall–Kier alpha value is -2.67. The molecular weight excluding hydrogens is 456 g/mol. The molecule has 6 nitrogen and oxygen atoms in total. The number of amides is 2. The molecule has 1 aliphatic heterocycles. The first kappa shape index (κ1) is 21.6. The van der Waals surface area contributed by atoms with E-state index in [1.165, 1.54) is 0 Å². The summed E-state index contributed by atoms with van der Waals surface area (Å²) in [5.41, 5.74) is 2.31. The van der Waals surface area contributed by atoms with E-state index in [-0.39, 0.29) is 24.4 Å². The van der Waals surface area contributed by atoms with Crippen molar-refractivity contribution >= 4 is 38.8 Å². The van der Waals surface area contributed by atoms with Gasteiger partial charge in [-0.15, -0.1) is 0 Å². The molecule has 3 aromatic rings. The number of hydrogen-bond donors (Lipinski definition) is 1. The van der Waals surface area contributed by atoms with E-state index in [0.717, 1.165) is 41.4 Å². The summed E-state index contributed by atoms with van der Waals surface area (Å²) in [5.74, 6) is 1.28. The highest BCUT2D eigenvalue weighted by atomic mass is 79.9. The molecule has 7 heteroatoms. The van der Waals surface area contributed by atoms with Crippen molar-refractivity contribution in [2.45, 2.75) is 39.3 Å². The van der Waals surface area contributed by atoms with Crippen LogP contribution < -0.4 is 5.32 Å². The van der Waals surface area contributed by atoms with Crippen molar-refractivity contribution in [1.29, 1.82) is 0 Å². The molecule has 1 aromatic heterocycles. The van der Waals surface area contributed by atoms with Crippen LogP contribution >= 0.6 is 15.9 Å². The molecule has 0 radical (unpaired) electrons. The van der Waals surface area contributed by atoms with E-state index in [4.69, 9.17) is 4.98 Å². The third-order valence-corrected chi connectivity index (χ3v) is 6.48. The molecule has 0 aliphatic carbocycles. The Bertz CT molecular complexity index is 1080. The highest BCUT2D eigenvalue weighted by molar-refractivity contribution is 9.10. The first-order chi connectivity index (χ1) is 14.9. The van der Waals surface area contributed by atoms with E-state index < -0.39 is 0 Å². The molecule has 1 fully saturated rings. The first-order valence-corrected chi connectivity index (χ1v) is 11.5. The monoisotopic (exact) mass is 482 g/mol. The lowest BCUT2D eigenvalue weighted by Gasteiger charge is -2.30. The van der Waals surface area contributed by atoms with Crippen LogP contribution in [-0.2, 0) is 11.3 Å². The summed E-state index contributed by atoms with van der Waals surface area (Å²) in [6, 6.07) is 14.7. The van der Waals surface area contributed by atoms with Gasteiger partial charge in [0.15, 0.2) is 0 Å². The predicted molar refractivity (Wildman–Crippen MR) is 125 cm³/mol. The van der Waals surface area contributed by atoms with Crippen LogP contribution in [0.15, 0.2) is 53.0 Å². The van der Waals surface area contributed by atoms with E-state index >= 15 is 0 Å². The van der Waals surface area contributed by atoms with Crippen LogP contribution in [0.2, 0.25) is 0 Å². The summed E-state index contributed by atoms with van der Waals surface area (Å²) < 4.78 is 2.87. The summed E-state index contributed by atoms with van der Waals surface area (Å²) in [4.78, 5) is 32.5. The summed E-state index contributed by atoms with van der Waals surface area (Å²) in [6.07, 6.45) is 2.09. The molecular formula is C24H27BrN4O2. The third kappa shape index (κ3) is 4.82. The molecule has 0 spiro atoms. The zero-order chi connectivity index (χ0) is 22.0. The second-order valence-corrected chi connectivity index (χ2v) is 9.23. The molecule has 31 heavy (non-hydrogen) atoms. The van der Waals surface area contributed by atoms with E-state index in [1.807, 2.05) is 52.8 Å². The Labute approximate surface area is 190 Å². The Balaban J connectivity index is 1.57. The zero-order valence-corrected chi connectivity index (χ0v) is 19.4. The smallest absolute Gasteiger partial charge is 0.251 e. The molecule has 162 valence electrons. The van der Waals surface area contributed by atoms with Crippen LogP contribution in [0.3, 0.4) is 0 Å². The van der Waals surface area contributed by atoms with Crippen molar-refractivity contribution < 1.29 is 9.59 Å². The summed E-state index contributed by atoms with van der Waals surface area (Å²) in [7, 11) is 0.